The van der Waals surface area contributed by atoms with Crippen LogP contribution in [0.1, 0.15) is 40.4 Å². The summed E-state index contributed by atoms with van der Waals surface area (Å²) in [6, 6.07) is 10.8. The molecule has 138 valence electrons. The molecule has 0 atom stereocenters. The summed E-state index contributed by atoms with van der Waals surface area (Å²) in [5.74, 6) is -0.296. The number of benzene rings is 2. The number of hydrogen-bond donors (Lipinski definition) is 2. The standard InChI is InChI=1S/C21H25N3O.ClH/c1-2-5-16-17-12-14-6-3-4-7-15(14)18(17)13-19(20(16)21(22)25)24-10-8-23-9-11-24;/h3-4,6-7,13,23H,2,5,8-12H2,1H3,(H2,22,25);1H. The lowest BCUT2D eigenvalue weighted by molar-refractivity contribution is 0.0999. The first-order valence-corrected chi connectivity index (χ1v) is 9.23. The molecule has 1 amide bonds. The number of nitrogens with zero attached hydrogens (tertiary/aromatic N) is 1. The Labute approximate surface area is 161 Å². The van der Waals surface area contributed by atoms with Crippen LogP contribution in [0, 0.1) is 0 Å². The zero-order valence-electron chi connectivity index (χ0n) is 15.2. The number of nitrogens with two attached hydrogens (primary N) is 1. The average molecular weight is 372 g/mol. The first-order valence-electron chi connectivity index (χ1n) is 9.23. The Balaban J connectivity index is 0.00000196. The molecule has 0 saturated carbocycles. The van der Waals surface area contributed by atoms with E-state index in [1.807, 2.05) is 0 Å². The second-order valence-electron chi connectivity index (χ2n) is 6.96. The minimum Gasteiger partial charge on any atom is -0.368 e. The SMILES string of the molecule is CCCc1c2c(cc(N3CCNCC3)c1C(N)=O)-c1ccccc1C2.Cl. The van der Waals surface area contributed by atoms with Gasteiger partial charge in [-0.2, -0.15) is 0 Å². The van der Waals surface area contributed by atoms with Crippen LogP contribution in [0.4, 0.5) is 5.69 Å². The molecule has 2 aliphatic rings. The molecule has 2 aromatic carbocycles. The fourth-order valence-corrected chi connectivity index (χ4v) is 4.29. The summed E-state index contributed by atoms with van der Waals surface area (Å²) in [5.41, 5.74) is 14.0. The van der Waals surface area contributed by atoms with E-state index >= 15 is 0 Å². The van der Waals surface area contributed by atoms with Crippen LogP contribution < -0.4 is 16.0 Å². The van der Waals surface area contributed by atoms with E-state index in [9.17, 15) is 4.79 Å². The van der Waals surface area contributed by atoms with Crippen LogP contribution in [0.15, 0.2) is 30.3 Å². The number of halogens is 1. The van der Waals surface area contributed by atoms with Crippen molar-refractivity contribution < 1.29 is 4.79 Å². The third-order valence-corrected chi connectivity index (χ3v) is 5.41. The number of nitrogens with one attached hydrogen (secondary N) is 1. The van der Waals surface area contributed by atoms with Crippen molar-refractivity contribution in [1.29, 1.82) is 0 Å². The lowest BCUT2D eigenvalue weighted by atomic mass is 9.90. The van der Waals surface area contributed by atoms with Gasteiger partial charge < -0.3 is 16.0 Å². The smallest absolute Gasteiger partial charge is 0.251 e. The molecule has 0 spiro atoms. The maximum atomic E-state index is 12.4. The van der Waals surface area contributed by atoms with Gasteiger partial charge in [0.1, 0.15) is 0 Å². The highest BCUT2D eigenvalue weighted by atomic mass is 35.5. The van der Waals surface area contributed by atoms with Gasteiger partial charge in [0.15, 0.2) is 0 Å². The molecule has 26 heavy (non-hydrogen) atoms. The summed E-state index contributed by atoms with van der Waals surface area (Å²) in [7, 11) is 0. The summed E-state index contributed by atoms with van der Waals surface area (Å²) in [5, 5.41) is 3.38. The predicted octanol–water partition coefficient (Wildman–Crippen LogP) is 3.14. The summed E-state index contributed by atoms with van der Waals surface area (Å²) in [4.78, 5) is 14.7. The van der Waals surface area contributed by atoms with Gasteiger partial charge in [-0.1, -0.05) is 37.6 Å². The number of piperazine rings is 1. The van der Waals surface area contributed by atoms with Crippen LogP contribution >= 0.6 is 12.4 Å². The van der Waals surface area contributed by atoms with Gasteiger partial charge in [0, 0.05) is 26.2 Å². The lowest BCUT2D eigenvalue weighted by Gasteiger charge is -2.32. The van der Waals surface area contributed by atoms with Gasteiger partial charge in [-0.15, -0.1) is 12.4 Å². The molecule has 1 aliphatic heterocycles. The Hall–Kier alpha value is -2.04. The number of carbonyl (C=O) groups is 1. The summed E-state index contributed by atoms with van der Waals surface area (Å²) < 4.78 is 0. The Morgan fingerprint density at radius 2 is 1.92 bits per heavy atom. The summed E-state index contributed by atoms with van der Waals surface area (Å²) in [6.45, 7) is 5.86. The number of hydrogen-bond acceptors (Lipinski definition) is 3. The Morgan fingerprint density at radius 1 is 1.19 bits per heavy atom. The second-order valence-corrected chi connectivity index (χ2v) is 6.96. The number of anilines is 1. The highest BCUT2D eigenvalue weighted by molar-refractivity contribution is 6.03. The molecule has 0 aromatic heterocycles. The molecule has 5 heteroatoms. The topological polar surface area (TPSA) is 58.4 Å². The minimum atomic E-state index is -0.296. The van der Waals surface area contributed by atoms with Crippen molar-refractivity contribution in [3.63, 3.8) is 0 Å². The molecule has 0 radical (unpaired) electrons. The Morgan fingerprint density at radius 3 is 2.62 bits per heavy atom. The van der Waals surface area contributed by atoms with Crippen LogP contribution in [0.5, 0.6) is 0 Å². The van der Waals surface area contributed by atoms with Gasteiger partial charge in [0.25, 0.3) is 5.91 Å². The van der Waals surface area contributed by atoms with Gasteiger partial charge in [0.2, 0.25) is 0 Å². The highest BCUT2D eigenvalue weighted by Gasteiger charge is 2.28. The van der Waals surface area contributed by atoms with Crippen LogP contribution in [0.3, 0.4) is 0 Å². The fraction of sp³-hybridized carbons (Fsp3) is 0.381. The van der Waals surface area contributed by atoms with E-state index in [0.29, 0.717) is 0 Å². The van der Waals surface area contributed by atoms with Crippen molar-refractivity contribution in [2.45, 2.75) is 26.2 Å². The number of carbonyl (C=O) groups excluding carboxylic acids is 1. The molecule has 0 bridgehead atoms. The van der Waals surface area contributed by atoms with E-state index in [4.69, 9.17) is 5.73 Å². The van der Waals surface area contributed by atoms with Crippen molar-refractivity contribution in [1.82, 2.24) is 5.32 Å². The first-order chi connectivity index (χ1) is 12.2. The van der Waals surface area contributed by atoms with Crippen molar-refractivity contribution >= 4 is 24.0 Å². The van der Waals surface area contributed by atoms with Crippen molar-refractivity contribution in [3.8, 4) is 11.1 Å². The molecule has 4 nitrogen and oxygen atoms in total. The van der Waals surface area contributed by atoms with Gasteiger partial charge in [-0.3, -0.25) is 4.79 Å². The molecule has 4 rings (SSSR count). The third-order valence-electron chi connectivity index (χ3n) is 5.41. The molecular weight excluding hydrogens is 346 g/mol. The maximum Gasteiger partial charge on any atom is 0.251 e. The zero-order chi connectivity index (χ0) is 17.4. The molecule has 1 saturated heterocycles. The monoisotopic (exact) mass is 371 g/mol. The fourth-order valence-electron chi connectivity index (χ4n) is 4.29. The Kier molecular flexibility index (Phi) is 5.54. The molecule has 1 fully saturated rings. The largest absolute Gasteiger partial charge is 0.368 e. The quantitative estimate of drug-likeness (QED) is 0.740. The first kappa shape index (κ1) is 18.7. The van der Waals surface area contributed by atoms with Crippen LogP contribution in [0.2, 0.25) is 0 Å². The molecule has 0 unspecified atom stereocenters. The molecule has 2 aromatic rings. The number of rotatable bonds is 4. The van der Waals surface area contributed by atoms with Gasteiger partial charge in [-0.05, 0) is 46.7 Å². The average Bonchev–Trinajstić information content (AvgIpc) is 3.01. The van der Waals surface area contributed by atoms with E-state index in [2.05, 4.69) is 47.5 Å². The summed E-state index contributed by atoms with van der Waals surface area (Å²) in [6.07, 6.45) is 2.81. The van der Waals surface area contributed by atoms with Crippen LogP contribution in [-0.4, -0.2) is 32.1 Å². The summed E-state index contributed by atoms with van der Waals surface area (Å²) >= 11 is 0. The van der Waals surface area contributed by atoms with E-state index in [-0.39, 0.29) is 18.3 Å². The maximum absolute atomic E-state index is 12.4. The second kappa shape index (κ2) is 7.68. The van der Waals surface area contributed by atoms with Crippen LogP contribution in [0.25, 0.3) is 11.1 Å². The van der Waals surface area contributed by atoms with E-state index in [0.717, 1.165) is 62.3 Å². The van der Waals surface area contributed by atoms with E-state index < -0.39 is 0 Å². The molecular formula is C21H26ClN3O. The van der Waals surface area contributed by atoms with Gasteiger partial charge in [-0.25, -0.2) is 0 Å². The lowest BCUT2D eigenvalue weighted by Crippen LogP contribution is -2.44. The molecule has 1 aliphatic carbocycles. The van der Waals surface area contributed by atoms with Gasteiger partial charge >= 0.3 is 0 Å². The van der Waals surface area contributed by atoms with E-state index in [1.165, 1.54) is 22.3 Å². The van der Waals surface area contributed by atoms with Gasteiger partial charge in [0.05, 0.1) is 11.3 Å². The van der Waals surface area contributed by atoms with Crippen molar-refractivity contribution in [2.75, 3.05) is 31.1 Å². The number of amides is 1. The molecule has 1 heterocycles. The zero-order valence-corrected chi connectivity index (χ0v) is 16.0. The van der Waals surface area contributed by atoms with E-state index in [1.54, 1.807) is 0 Å². The predicted molar refractivity (Wildman–Crippen MR) is 110 cm³/mol. The highest BCUT2D eigenvalue weighted by Crippen LogP contribution is 2.43. The van der Waals surface area contributed by atoms with Crippen molar-refractivity contribution in [3.05, 3.63) is 52.6 Å². The molecule has 3 N–H and O–H groups in total. The number of primary amides is 1. The normalized spacial score (nSPS) is 15.2. The number of fused-ring (bicyclic) bond motifs is 3. The van der Waals surface area contributed by atoms with Crippen molar-refractivity contribution in [2.24, 2.45) is 5.73 Å². The third kappa shape index (κ3) is 3.08. The minimum absolute atomic E-state index is 0. The Bertz CT molecular complexity index is 828. The van der Waals surface area contributed by atoms with Crippen LogP contribution in [-0.2, 0) is 12.8 Å².